The molecule has 0 atom stereocenters. The molecule has 0 saturated heterocycles. The van der Waals surface area contributed by atoms with E-state index < -0.39 is 0 Å². The molecule has 3 nitrogen and oxygen atoms in total. The van der Waals surface area contributed by atoms with E-state index >= 15 is 0 Å². The molecule has 1 aliphatic rings. The molecule has 1 N–H and O–H groups in total. The quantitative estimate of drug-likeness (QED) is 0.797. The summed E-state index contributed by atoms with van der Waals surface area (Å²) in [5.74, 6) is 0.751. The Hall–Kier alpha value is -1.12. The molecule has 76 valence electrons. The zero-order valence-corrected chi connectivity index (χ0v) is 8.66. The van der Waals surface area contributed by atoms with Gasteiger partial charge in [0.25, 0.3) is 0 Å². The minimum Gasteiger partial charge on any atom is -0.354 e. The van der Waals surface area contributed by atoms with Gasteiger partial charge in [-0.2, -0.15) is 0 Å². The fourth-order valence-corrected chi connectivity index (χ4v) is 2.09. The normalized spacial score (nSPS) is 19.5. The maximum Gasteiger partial charge on any atom is 0.222 e. The molecule has 1 heterocycles. The summed E-state index contributed by atoms with van der Waals surface area (Å²) < 4.78 is 0. The minimum absolute atomic E-state index is 0.458. The third-order valence-corrected chi connectivity index (χ3v) is 3.05. The van der Waals surface area contributed by atoms with Crippen LogP contribution in [0.5, 0.6) is 0 Å². The van der Waals surface area contributed by atoms with Crippen molar-refractivity contribution in [1.29, 1.82) is 0 Å². The van der Waals surface area contributed by atoms with Crippen molar-refractivity contribution in [3.8, 4) is 0 Å². The van der Waals surface area contributed by atoms with Crippen LogP contribution in [0.2, 0.25) is 0 Å². The monoisotopic (exact) mass is 191 g/mol. The topological polar surface area (TPSA) is 37.8 Å². The maximum atomic E-state index is 4.15. The predicted molar refractivity (Wildman–Crippen MR) is 57.1 cm³/mol. The van der Waals surface area contributed by atoms with Crippen molar-refractivity contribution in [3.05, 3.63) is 18.5 Å². The smallest absolute Gasteiger partial charge is 0.222 e. The Morgan fingerprint density at radius 3 is 2.57 bits per heavy atom. The number of nitrogens with one attached hydrogen (secondary N) is 1. The Morgan fingerprint density at radius 2 is 1.93 bits per heavy atom. The fourth-order valence-electron chi connectivity index (χ4n) is 2.09. The van der Waals surface area contributed by atoms with E-state index in [2.05, 4.69) is 22.2 Å². The van der Waals surface area contributed by atoms with Crippen molar-refractivity contribution in [3.63, 3.8) is 0 Å². The number of hydrogen-bond acceptors (Lipinski definition) is 3. The molecule has 0 aliphatic heterocycles. The van der Waals surface area contributed by atoms with Gasteiger partial charge < -0.3 is 5.32 Å². The van der Waals surface area contributed by atoms with Gasteiger partial charge in [0.2, 0.25) is 5.95 Å². The zero-order valence-electron chi connectivity index (χ0n) is 8.66. The standard InChI is InChI=1S/C11H17N3/c1-11(5-2-3-6-11)9-14-10-12-7-4-8-13-10/h4,7-8H,2-3,5-6,9H2,1H3,(H,12,13,14). The first-order valence-corrected chi connectivity index (χ1v) is 5.29. The van der Waals surface area contributed by atoms with E-state index in [0.717, 1.165) is 12.5 Å². The number of hydrogen-bond donors (Lipinski definition) is 1. The van der Waals surface area contributed by atoms with E-state index in [9.17, 15) is 0 Å². The molecule has 0 amide bonds. The SMILES string of the molecule is CC1(CNc2ncccn2)CCCC1. The third kappa shape index (κ3) is 2.22. The third-order valence-electron chi connectivity index (χ3n) is 3.05. The van der Waals surface area contributed by atoms with Gasteiger partial charge in [0.1, 0.15) is 0 Å². The van der Waals surface area contributed by atoms with Crippen molar-refractivity contribution in [2.75, 3.05) is 11.9 Å². The second-order valence-corrected chi connectivity index (χ2v) is 4.44. The summed E-state index contributed by atoms with van der Waals surface area (Å²) in [5.41, 5.74) is 0.458. The number of rotatable bonds is 3. The molecule has 0 bridgehead atoms. The second-order valence-electron chi connectivity index (χ2n) is 4.44. The van der Waals surface area contributed by atoms with Crippen LogP contribution in [0.15, 0.2) is 18.5 Å². The Balaban J connectivity index is 1.88. The molecular weight excluding hydrogens is 174 g/mol. The van der Waals surface area contributed by atoms with Crippen molar-refractivity contribution in [2.24, 2.45) is 5.41 Å². The van der Waals surface area contributed by atoms with Gasteiger partial charge in [0.05, 0.1) is 0 Å². The Bertz CT molecular complexity index is 278. The lowest BCUT2D eigenvalue weighted by atomic mass is 9.89. The van der Waals surface area contributed by atoms with E-state index in [-0.39, 0.29) is 0 Å². The molecule has 1 saturated carbocycles. The number of aromatic nitrogens is 2. The Kier molecular flexibility index (Phi) is 2.66. The summed E-state index contributed by atoms with van der Waals surface area (Å²) in [6, 6.07) is 1.84. The van der Waals surface area contributed by atoms with Gasteiger partial charge in [-0.1, -0.05) is 19.8 Å². The van der Waals surface area contributed by atoms with E-state index in [4.69, 9.17) is 0 Å². The molecule has 0 aromatic carbocycles. The van der Waals surface area contributed by atoms with Crippen LogP contribution < -0.4 is 5.32 Å². The van der Waals surface area contributed by atoms with E-state index in [1.54, 1.807) is 12.4 Å². The fraction of sp³-hybridized carbons (Fsp3) is 0.636. The summed E-state index contributed by atoms with van der Waals surface area (Å²) in [5, 5.41) is 3.30. The van der Waals surface area contributed by atoms with E-state index in [1.165, 1.54) is 25.7 Å². The summed E-state index contributed by atoms with van der Waals surface area (Å²) in [6.07, 6.45) is 8.93. The molecule has 1 fully saturated rings. The molecule has 3 heteroatoms. The summed E-state index contributed by atoms with van der Waals surface area (Å²) >= 11 is 0. The van der Waals surface area contributed by atoms with Crippen LogP contribution in [0, 0.1) is 5.41 Å². The molecule has 1 aromatic heterocycles. The predicted octanol–water partition coefficient (Wildman–Crippen LogP) is 2.47. The van der Waals surface area contributed by atoms with Crippen LogP contribution in [0.4, 0.5) is 5.95 Å². The van der Waals surface area contributed by atoms with Gasteiger partial charge in [-0.25, -0.2) is 9.97 Å². The molecule has 1 aliphatic carbocycles. The van der Waals surface area contributed by atoms with Crippen molar-refractivity contribution < 1.29 is 0 Å². The van der Waals surface area contributed by atoms with Crippen LogP contribution in [0.3, 0.4) is 0 Å². The van der Waals surface area contributed by atoms with Crippen LogP contribution in [0.25, 0.3) is 0 Å². The first-order valence-electron chi connectivity index (χ1n) is 5.29. The highest BCUT2D eigenvalue weighted by Gasteiger charge is 2.28. The lowest BCUT2D eigenvalue weighted by molar-refractivity contribution is 0.361. The molecule has 0 spiro atoms. The lowest BCUT2D eigenvalue weighted by Crippen LogP contribution is -2.23. The first-order chi connectivity index (χ1) is 6.79. The van der Waals surface area contributed by atoms with Crippen LogP contribution in [0.1, 0.15) is 32.6 Å². The summed E-state index contributed by atoms with van der Waals surface area (Å²) in [4.78, 5) is 8.30. The molecule has 14 heavy (non-hydrogen) atoms. The van der Waals surface area contributed by atoms with Gasteiger partial charge in [0.15, 0.2) is 0 Å². The van der Waals surface area contributed by atoms with Gasteiger partial charge >= 0.3 is 0 Å². The van der Waals surface area contributed by atoms with Crippen molar-refractivity contribution in [1.82, 2.24) is 9.97 Å². The minimum atomic E-state index is 0.458. The van der Waals surface area contributed by atoms with Gasteiger partial charge in [0, 0.05) is 18.9 Å². The summed E-state index contributed by atoms with van der Waals surface area (Å²) in [7, 11) is 0. The van der Waals surface area contributed by atoms with Crippen LogP contribution in [-0.4, -0.2) is 16.5 Å². The first kappa shape index (κ1) is 9.44. The van der Waals surface area contributed by atoms with Gasteiger partial charge in [-0.05, 0) is 24.3 Å². The molecule has 2 rings (SSSR count). The zero-order chi connectivity index (χ0) is 9.86. The lowest BCUT2D eigenvalue weighted by Gasteiger charge is -2.23. The Morgan fingerprint density at radius 1 is 1.29 bits per heavy atom. The van der Waals surface area contributed by atoms with E-state index in [0.29, 0.717) is 5.41 Å². The molecule has 0 radical (unpaired) electrons. The molecule has 0 unspecified atom stereocenters. The average Bonchev–Trinajstić information content (AvgIpc) is 2.65. The highest BCUT2D eigenvalue weighted by atomic mass is 15.1. The number of anilines is 1. The van der Waals surface area contributed by atoms with Crippen LogP contribution in [-0.2, 0) is 0 Å². The largest absolute Gasteiger partial charge is 0.354 e. The highest BCUT2D eigenvalue weighted by Crippen LogP contribution is 2.37. The second kappa shape index (κ2) is 3.95. The summed E-state index contributed by atoms with van der Waals surface area (Å²) in [6.45, 7) is 3.34. The van der Waals surface area contributed by atoms with Gasteiger partial charge in [-0.15, -0.1) is 0 Å². The average molecular weight is 191 g/mol. The van der Waals surface area contributed by atoms with Gasteiger partial charge in [-0.3, -0.25) is 0 Å². The van der Waals surface area contributed by atoms with Crippen molar-refractivity contribution >= 4 is 5.95 Å². The number of nitrogens with zero attached hydrogens (tertiary/aromatic N) is 2. The molecular formula is C11H17N3. The van der Waals surface area contributed by atoms with Crippen LogP contribution >= 0.6 is 0 Å². The van der Waals surface area contributed by atoms with Crippen molar-refractivity contribution in [2.45, 2.75) is 32.6 Å². The maximum absolute atomic E-state index is 4.15. The van der Waals surface area contributed by atoms with E-state index in [1.807, 2.05) is 6.07 Å². The highest BCUT2D eigenvalue weighted by molar-refractivity contribution is 5.22. The molecule has 1 aromatic rings. The Labute approximate surface area is 85.0 Å².